The third-order valence-corrected chi connectivity index (χ3v) is 3.31. The summed E-state index contributed by atoms with van der Waals surface area (Å²) in [4.78, 5) is 4.39. The average molecular weight is 252 g/mol. The molecule has 6 heteroatoms. The van der Waals surface area contributed by atoms with Crippen LogP contribution in [-0.4, -0.2) is 37.4 Å². The van der Waals surface area contributed by atoms with Gasteiger partial charge in [-0.15, -0.1) is 5.10 Å². The van der Waals surface area contributed by atoms with Gasteiger partial charge in [0.25, 0.3) is 0 Å². The van der Waals surface area contributed by atoms with Crippen molar-refractivity contribution in [3.05, 3.63) is 23.9 Å². The maximum atomic E-state index is 10.9. The van der Waals surface area contributed by atoms with E-state index in [0.29, 0.717) is 11.7 Å². The Kier molecular flexibility index (Phi) is 3.73. The van der Waals surface area contributed by atoms with E-state index in [9.17, 15) is 4.21 Å². The van der Waals surface area contributed by atoms with E-state index in [-0.39, 0.29) is 0 Å². The van der Waals surface area contributed by atoms with Crippen molar-refractivity contribution in [2.24, 2.45) is 0 Å². The number of pyridine rings is 1. The fraction of sp³-hybridized carbons (Fsp3) is 0.455. The Labute approximate surface area is 103 Å². The van der Waals surface area contributed by atoms with Crippen molar-refractivity contribution in [2.75, 3.05) is 23.9 Å². The molecule has 0 aliphatic rings. The van der Waals surface area contributed by atoms with E-state index in [1.54, 1.807) is 10.8 Å². The maximum absolute atomic E-state index is 10.9. The summed E-state index contributed by atoms with van der Waals surface area (Å²) in [5.74, 6) is 1.33. The molecule has 0 radical (unpaired) electrons. The van der Waals surface area contributed by atoms with Crippen molar-refractivity contribution in [2.45, 2.75) is 13.3 Å². The van der Waals surface area contributed by atoms with E-state index >= 15 is 0 Å². The lowest BCUT2D eigenvalue weighted by Gasteiger charge is -1.99. The number of aromatic nitrogens is 3. The number of aryl methyl sites for hydroxylation is 1. The molecule has 2 heterocycles. The number of nitrogens with one attached hydrogen (secondary N) is 1. The Morgan fingerprint density at radius 2 is 2.35 bits per heavy atom. The summed E-state index contributed by atoms with van der Waals surface area (Å²) in [6, 6.07) is 3.95. The first-order valence-electron chi connectivity index (χ1n) is 5.53. The largest absolute Gasteiger partial charge is 0.353 e. The van der Waals surface area contributed by atoms with Crippen LogP contribution in [0.2, 0.25) is 0 Å². The number of anilines is 1. The summed E-state index contributed by atoms with van der Waals surface area (Å²) in [5, 5.41) is 7.45. The Balaban J connectivity index is 2.00. The number of hydrogen-bond acceptors (Lipinski definition) is 4. The zero-order valence-corrected chi connectivity index (χ0v) is 10.8. The number of hydrogen-bond donors (Lipinski definition) is 1. The Hall–Kier alpha value is -1.43. The summed E-state index contributed by atoms with van der Waals surface area (Å²) in [6.07, 6.45) is 4.45. The quantitative estimate of drug-likeness (QED) is 0.813. The molecule has 0 bridgehead atoms. The van der Waals surface area contributed by atoms with E-state index in [1.165, 1.54) is 0 Å². The van der Waals surface area contributed by atoms with E-state index in [2.05, 4.69) is 15.4 Å². The highest BCUT2D eigenvalue weighted by atomic mass is 32.2. The molecule has 0 amide bonds. The van der Waals surface area contributed by atoms with Crippen LogP contribution in [0.1, 0.15) is 12.0 Å². The maximum Gasteiger partial charge on any atom is 0.243 e. The van der Waals surface area contributed by atoms with Gasteiger partial charge in [0.1, 0.15) is 0 Å². The molecule has 17 heavy (non-hydrogen) atoms. The molecule has 0 aromatic carbocycles. The van der Waals surface area contributed by atoms with Crippen molar-refractivity contribution < 1.29 is 4.21 Å². The molecule has 0 saturated carbocycles. The lowest BCUT2D eigenvalue weighted by atomic mass is 10.3. The van der Waals surface area contributed by atoms with Gasteiger partial charge in [-0.25, -0.2) is 4.52 Å². The van der Waals surface area contributed by atoms with Crippen LogP contribution >= 0.6 is 0 Å². The number of fused-ring (bicyclic) bond motifs is 1. The second-order valence-corrected chi connectivity index (χ2v) is 5.51. The van der Waals surface area contributed by atoms with Crippen molar-refractivity contribution in [3.8, 4) is 0 Å². The first-order chi connectivity index (χ1) is 8.16. The molecule has 0 aliphatic carbocycles. The van der Waals surface area contributed by atoms with E-state index in [4.69, 9.17) is 0 Å². The van der Waals surface area contributed by atoms with Crippen LogP contribution in [0.4, 0.5) is 5.95 Å². The van der Waals surface area contributed by atoms with Gasteiger partial charge in [-0.1, -0.05) is 6.07 Å². The Morgan fingerprint density at radius 1 is 1.53 bits per heavy atom. The molecule has 2 aromatic heterocycles. The molecule has 0 aliphatic heterocycles. The average Bonchev–Trinajstić information content (AvgIpc) is 2.69. The van der Waals surface area contributed by atoms with Gasteiger partial charge in [-0.05, 0) is 25.0 Å². The van der Waals surface area contributed by atoms with Crippen molar-refractivity contribution in [1.29, 1.82) is 0 Å². The SMILES string of the molecule is Cc1cccn2nc(NCCCS(C)=O)nc12. The molecular weight excluding hydrogens is 236 g/mol. The van der Waals surface area contributed by atoms with E-state index in [1.807, 2.05) is 25.3 Å². The molecule has 0 saturated heterocycles. The number of rotatable bonds is 5. The molecule has 92 valence electrons. The minimum absolute atomic E-state index is 0.626. The molecular formula is C11H16N4OS. The van der Waals surface area contributed by atoms with Crippen molar-refractivity contribution >= 4 is 22.4 Å². The van der Waals surface area contributed by atoms with Gasteiger partial charge < -0.3 is 5.32 Å². The fourth-order valence-corrected chi connectivity index (χ4v) is 2.14. The molecule has 1 N–H and O–H groups in total. The molecule has 1 atom stereocenters. The first kappa shape index (κ1) is 12.0. The smallest absolute Gasteiger partial charge is 0.243 e. The monoisotopic (exact) mass is 252 g/mol. The van der Waals surface area contributed by atoms with Gasteiger partial charge >= 0.3 is 0 Å². The second-order valence-electron chi connectivity index (χ2n) is 3.95. The predicted octanol–water partition coefficient (Wildman–Crippen LogP) is 1.22. The summed E-state index contributed by atoms with van der Waals surface area (Å²) in [7, 11) is -0.728. The van der Waals surface area contributed by atoms with E-state index < -0.39 is 10.8 Å². The zero-order chi connectivity index (χ0) is 12.3. The Morgan fingerprint density at radius 3 is 3.06 bits per heavy atom. The summed E-state index contributed by atoms with van der Waals surface area (Å²) >= 11 is 0. The van der Waals surface area contributed by atoms with Gasteiger partial charge in [-0.2, -0.15) is 4.98 Å². The Bertz CT molecular complexity index is 537. The minimum atomic E-state index is -0.728. The first-order valence-corrected chi connectivity index (χ1v) is 7.25. The van der Waals surface area contributed by atoms with Gasteiger partial charge in [0.15, 0.2) is 5.65 Å². The second kappa shape index (κ2) is 5.27. The van der Waals surface area contributed by atoms with Crippen LogP contribution < -0.4 is 5.32 Å². The predicted molar refractivity (Wildman–Crippen MR) is 69.8 cm³/mol. The van der Waals surface area contributed by atoms with Crippen LogP contribution in [0.15, 0.2) is 18.3 Å². The lowest BCUT2D eigenvalue weighted by Crippen LogP contribution is -2.07. The minimum Gasteiger partial charge on any atom is -0.353 e. The third kappa shape index (κ3) is 3.03. The molecule has 2 aromatic rings. The summed E-state index contributed by atoms with van der Waals surface area (Å²) in [5.41, 5.74) is 1.97. The van der Waals surface area contributed by atoms with Crippen molar-refractivity contribution in [1.82, 2.24) is 14.6 Å². The van der Waals surface area contributed by atoms with Crippen molar-refractivity contribution in [3.63, 3.8) is 0 Å². The zero-order valence-electron chi connectivity index (χ0n) is 10.0. The van der Waals surface area contributed by atoms with Crippen LogP contribution in [0.25, 0.3) is 5.65 Å². The molecule has 2 rings (SSSR count). The van der Waals surface area contributed by atoms with Crippen LogP contribution in [0.5, 0.6) is 0 Å². The number of nitrogens with zero attached hydrogens (tertiary/aromatic N) is 3. The van der Waals surface area contributed by atoms with Crippen LogP contribution in [-0.2, 0) is 10.8 Å². The van der Waals surface area contributed by atoms with Gasteiger partial charge in [0.05, 0.1) is 0 Å². The summed E-state index contributed by atoms with van der Waals surface area (Å²) in [6.45, 7) is 2.75. The van der Waals surface area contributed by atoms with Crippen LogP contribution in [0.3, 0.4) is 0 Å². The topological polar surface area (TPSA) is 59.3 Å². The van der Waals surface area contributed by atoms with Gasteiger partial charge in [-0.3, -0.25) is 4.21 Å². The normalized spacial score (nSPS) is 12.8. The standard InChI is InChI=1S/C11H16N4OS/c1-9-5-3-7-15-10(9)13-11(14-15)12-6-4-8-17(2)16/h3,5,7H,4,6,8H2,1-2H3,(H,12,14). The van der Waals surface area contributed by atoms with Crippen LogP contribution in [0, 0.1) is 6.92 Å². The lowest BCUT2D eigenvalue weighted by molar-refractivity contribution is 0.685. The highest BCUT2D eigenvalue weighted by Crippen LogP contribution is 2.09. The highest BCUT2D eigenvalue weighted by molar-refractivity contribution is 7.84. The third-order valence-electron chi connectivity index (χ3n) is 2.45. The van der Waals surface area contributed by atoms with Gasteiger partial charge in [0.2, 0.25) is 5.95 Å². The molecule has 5 nitrogen and oxygen atoms in total. The highest BCUT2D eigenvalue weighted by Gasteiger charge is 2.04. The summed E-state index contributed by atoms with van der Waals surface area (Å²) < 4.78 is 12.6. The van der Waals surface area contributed by atoms with E-state index in [0.717, 1.165) is 24.2 Å². The van der Waals surface area contributed by atoms with Gasteiger partial charge in [0, 0.05) is 35.5 Å². The molecule has 0 spiro atoms. The molecule has 1 unspecified atom stereocenters. The fourth-order valence-electron chi connectivity index (χ4n) is 1.59. The molecule has 0 fully saturated rings.